The molecule has 0 aliphatic heterocycles. The first-order valence-electron chi connectivity index (χ1n) is 7.42. The zero-order valence-corrected chi connectivity index (χ0v) is 15.5. The Kier molecular flexibility index (Phi) is 6.51. The van der Waals surface area contributed by atoms with Crippen LogP contribution in [0.5, 0.6) is 5.75 Å². The van der Waals surface area contributed by atoms with E-state index in [-0.39, 0.29) is 17.7 Å². The van der Waals surface area contributed by atoms with E-state index in [1.54, 1.807) is 12.1 Å². The van der Waals surface area contributed by atoms with Crippen LogP contribution in [0.1, 0.15) is 22.8 Å². The number of esters is 1. The fraction of sp³-hybridized carbons (Fsp3) is 0.167. The van der Waals surface area contributed by atoms with Crippen LogP contribution >= 0.6 is 22.6 Å². The number of hydrogen-bond acceptors (Lipinski definition) is 4. The van der Waals surface area contributed by atoms with Gasteiger partial charge in [-0.3, -0.25) is 9.59 Å². The molecule has 1 atom stereocenters. The molecular weight excluding hydrogens is 437 g/mol. The van der Waals surface area contributed by atoms with Crippen LogP contribution in [0.25, 0.3) is 0 Å². The van der Waals surface area contributed by atoms with Gasteiger partial charge in [-0.05, 0) is 58.5 Å². The maximum absolute atomic E-state index is 12.3. The predicted molar refractivity (Wildman–Crippen MR) is 99.5 cm³/mol. The van der Waals surface area contributed by atoms with Crippen molar-refractivity contribution in [3.05, 3.63) is 63.2 Å². The van der Waals surface area contributed by atoms with Crippen molar-refractivity contribution < 1.29 is 24.2 Å². The number of amides is 1. The maximum atomic E-state index is 12.3. The highest BCUT2D eigenvalue weighted by atomic mass is 127. The minimum absolute atomic E-state index is 0.168. The molecule has 2 aromatic rings. The van der Waals surface area contributed by atoms with Gasteiger partial charge in [-0.25, -0.2) is 4.79 Å². The summed E-state index contributed by atoms with van der Waals surface area (Å²) in [6.45, 7) is 1.26. The highest BCUT2D eigenvalue weighted by Gasteiger charge is 2.21. The quantitative estimate of drug-likeness (QED) is 0.399. The number of carbonyl (C=O) groups is 3. The average Bonchev–Trinajstić information content (AvgIpc) is 2.55. The molecule has 0 bridgehead atoms. The van der Waals surface area contributed by atoms with Crippen molar-refractivity contribution in [1.29, 1.82) is 0 Å². The van der Waals surface area contributed by atoms with Crippen LogP contribution in [0, 0.1) is 3.57 Å². The lowest BCUT2D eigenvalue weighted by Crippen LogP contribution is -2.42. The van der Waals surface area contributed by atoms with E-state index in [1.165, 1.54) is 19.1 Å². The number of carbonyl (C=O) groups excluding carboxylic acids is 2. The molecule has 0 aliphatic rings. The zero-order chi connectivity index (χ0) is 18.4. The number of benzene rings is 2. The Morgan fingerprint density at radius 2 is 1.84 bits per heavy atom. The standard InChI is InChI=1S/C18H16INO5/c1-11(21)25-15-4-2-3-13(10-15)17(22)20-16(18(23)24)9-12-5-7-14(19)8-6-12/h2-8,10,16H,9H2,1H3,(H,20,22)(H,23,24)/t16-/m1/s1. The summed E-state index contributed by atoms with van der Waals surface area (Å²) in [6, 6.07) is 12.3. The largest absolute Gasteiger partial charge is 0.480 e. The van der Waals surface area contributed by atoms with Crippen LogP contribution in [-0.4, -0.2) is 29.0 Å². The lowest BCUT2D eigenvalue weighted by atomic mass is 10.1. The third-order valence-electron chi connectivity index (χ3n) is 3.31. The first kappa shape index (κ1) is 18.9. The molecule has 1 amide bonds. The van der Waals surface area contributed by atoms with Crippen molar-refractivity contribution in [1.82, 2.24) is 5.32 Å². The van der Waals surface area contributed by atoms with Crippen LogP contribution in [0.15, 0.2) is 48.5 Å². The summed E-state index contributed by atoms with van der Waals surface area (Å²) in [6.07, 6.45) is 0.168. The van der Waals surface area contributed by atoms with Gasteiger partial charge >= 0.3 is 11.9 Å². The molecule has 0 spiro atoms. The molecule has 0 fully saturated rings. The SMILES string of the molecule is CC(=O)Oc1cccc(C(=O)N[C@H](Cc2ccc(I)cc2)C(=O)O)c1. The topological polar surface area (TPSA) is 92.7 Å². The first-order chi connectivity index (χ1) is 11.8. The second-order valence-electron chi connectivity index (χ2n) is 5.32. The molecule has 130 valence electrons. The van der Waals surface area contributed by atoms with E-state index in [9.17, 15) is 19.5 Å². The summed E-state index contributed by atoms with van der Waals surface area (Å²) in [7, 11) is 0. The highest BCUT2D eigenvalue weighted by Crippen LogP contribution is 2.14. The molecule has 2 N–H and O–H groups in total. The molecule has 0 unspecified atom stereocenters. The predicted octanol–water partition coefficient (Wildman–Crippen LogP) is 2.64. The van der Waals surface area contributed by atoms with Gasteiger partial charge in [0.1, 0.15) is 11.8 Å². The van der Waals surface area contributed by atoms with Gasteiger partial charge in [0.05, 0.1) is 0 Å². The number of aliphatic carboxylic acids is 1. The number of carboxylic acids is 1. The van der Waals surface area contributed by atoms with E-state index >= 15 is 0 Å². The molecule has 0 radical (unpaired) electrons. The molecule has 2 rings (SSSR count). The molecular formula is C18H16INO5. The van der Waals surface area contributed by atoms with Gasteiger partial charge in [-0.1, -0.05) is 18.2 Å². The Bertz CT molecular complexity index is 788. The van der Waals surface area contributed by atoms with E-state index in [0.29, 0.717) is 0 Å². The van der Waals surface area contributed by atoms with E-state index in [4.69, 9.17) is 4.74 Å². The lowest BCUT2D eigenvalue weighted by Gasteiger charge is -2.15. The van der Waals surface area contributed by atoms with Gasteiger partial charge in [-0.2, -0.15) is 0 Å². The summed E-state index contributed by atoms with van der Waals surface area (Å²) in [4.78, 5) is 34.8. The summed E-state index contributed by atoms with van der Waals surface area (Å²) >= 11 is 2.16. The van der Waals surface area contributed by atoms with Crippen molar-refractivity contribution in [2.75, 3.05) is 0 Å². The number of ether oxygens (including phenoxy) is 1. The Morgan fingerprint density at radius 1 is 1.16 bits per heavy atom. The average molecular weight is 453 g/mol. The van der Waals surface area contributed by atoms with Gasteiger partial charge < -0.3 is 15.2 Å². The highest BCUT2D eigenvalue weighted by molar-refractivity contribution is 14.1. The van der Waals surface area contributed by atoms with E-state index < -0.39 is 23.9 Å². The molecule has 0 saturated heterocycles. The van der Waals surface area contributed by atoms with Crippen LogP contribution in [0.2, 0.25) is 0 Å². The number of halogens is 1. The molecule has 0 heterocycles. The Hall–Kier alpha value is -2.42. The third-order valence-corrected chi connectivity index (χ3v) is 4.03. The molecule has 6 nitrogen and oxygen atoms in total. The normalized spacial score (nSPS) is 11.4. The summed E-state index contributed by atoms with van der Waals surface area (Å²) < 4.78 is 5.97. The smallest absolute Gasteiger partial charge is 0.326 e. The van der Waals surface area contributed by atoms with Gasteiger partial charge in [0.15, 0.2) is 0 Å². The van der Waals surface area contributed by atoms with Crippen LogP contribution < -0.4 is 10.1 Å². The van der Waals surface area contributed by atoms with Crippen molar-refractivity contribution in [2.45, 2.75) is 19.4 Å². The first-order valence-corrected chi connectivity index (χ1v) is 8.49. The zero-order valence-electron chi connectivity index (χ0n) is 13.4. The molecule has 0 aromatic heterocycles. The van der Waals surface area contributed by atoms with E-state index in [1.807, 2.05) is 24.3 Å². The Morgan fingerprint density at radius 3 is 2.44 bits per heavy atom. The fourth-order valence-electron chi connectivity index (χ4n) is 2.16. The number of hydrogen-bond donors (Lipinski definition) is 2. The molecule has 25 heavy (non-hydrogen) atoms. The molecule has 7 heteroatoms. The van der Waals surface area contributed by atoms with Gasteiger partial charge in [0.25, 0.3) is 5.91 Å². The fourth-order valence-corrected chi connectivity index (χ4v) is 2.52. The molecule has 0 aliphatic carbocycles. The van der Waals surface area contributed by atoms with E-state index in [2.05, 4.69) is 27.9 Å². The van der Waals surface area contributed by atoms with E-state index in [0.717, 1.165) is 9.13 Å². The number of nitrogens with one attached hydrogen (secondary N) is 1. The molecule has 2 aromatic carbocycles. The van der Waals surface area contributed by atoms with Crippen molar-refractivity contribution in [2.24, 2.45) is 0 Å². The summed E-state index contributed by atoms with van der Waals surface area (Å²) in [5, 5.41) is 11.9. The summed E-state index contributed by atoms with van der Waals surface area (Å²) in [5.41, 5.74) is 1.02. The lowest BCUT2D eigenvalue weighted by molar-refractivity contribution is -0.139. The van der Waals surface area contributed by atoms with Crippen molar-refractivity contribution in [3.63, 3.8) is 0 Å². The Labute approximate surface area is 158 Å². The summed E-state index contributed by atoms with van der Waals surface area (Å²) in [5.74, 6) is -1.95. The Balaban J connectivity index is 2.11. The minimum Gasteiger partial charge on any atom is -0.480 e. The van der Waals surface area contributed by atoms with Gasteiger partial charge in [-0.15, -0.1) is 0 Å². The van der Waals surface area contributed by atoms with Gasteiger partial charge in [0.2, 0.25) is 0 Å². The number of carboxylic acid groups (broad SMARTS) is 1. The number of rotatable bonds is 6. The van der Waals surface area contributed by atoms with Crippen LogP contribution in [-0.2, 0) is 16.0 Å². The monoisotopic (exact) mass is 453 g/mol. The molecule has 0 saturated carbocycles. The maximum Gasteiger partial charge on any atom is 0.326 e. The van der Waals surface area contributed by atoms with Gasteiger partial charge in [0, 0.05) is 22.5 Å². The third kappa shape index (κ3) is 5.86. The second kappa shape index (κ2) is 8.61. The second-order valence-corrected chi connectivity index (χ2v) is 6.56. The van der Waals surface area contributed by atoms with Crippen LogP contribution in [0.4, 0.5) is 0 Å². The van der Waals surface area contributed by atoms with Crippen molar-refractivity contribution in [3.8, 4) is 5.75 Å². The minimum atomic E-state index is -1.12. The van der Waals surface area contributed by atoms with Crippen molar-refractivity contribution >= 4 is 40.4 Å². The van der Waals surface area contributed by atoms with Crippen LogP contribution in [0.3, 0.4) is 0 Å².